The van der Waals surface area contributed by atoms with E-state index in [1.165, 1.54) is 20.9 Å². The number of aryl methyl sites for hydroxylation is 1. The Balaban J connectivity index is 1.32. The quantitative estimate of drug-likeness (QED) is 0.618. The molecule has 4 nitrogen and oxygen atoms in total. The van der Waals surface area contributed by atoms with E-state index in [-0.39, 0.29) is 11.9 Å². The van der Waals surface area contributed by atoms with Crippen molar-refractivity contribution >= 4 is 28.6 Å². The summed E-state index contributed by atoms with van der Waals surface area (Å²) >= 11 is 3.53. The third-order valence-electron chi connectivity index (χ3n) is 5.38. The fourth-order valence-electron chi connectivity index (χ4n) is 3.68. The third kappa shape index (κ3) is 5.34. The molecule has 1 aliphatic heterocycles. The summed E-state index contributed by atoms with van der Waals surface area (Å²) in [5.74, 6) is 0.189. The van der Waals surface area contributed by atoms with Crippen LogP contribution in [0.15, 0.2) is 59.3 Å². The minimum absolute atomic E-state index is 0.0552. The third-order valence-corrected chi connectivity index (χ3v) is 7.18. The number of piperazine rings is 1. The largest absolute Gasteiger partial charge is 0.339 e. The summed E-state index contributed by atoms with van der Waals surface area (Å²) in [6.07, 6.45) is 0. The van der Waals surface area contributed by atoms with Crippen molar-refractivity contribution in [2.45, 2.75) is 19.5 Å². The fraction of sp³-hybridized carbons (Fsp3) is 0.348. The first-order valence-electron chi connectivity index (χ1n) is 10.0. The Morgan fingerprint density at radius 3 is 2.38 bits per heavy atom. The van der Waals surface area contributed by atoms with Crippen molar-refractivity contribution in [2.75, 3.05) is 32.7 Å². The lowest BCUT2D eigenvalue weighted by Crippen LogP contribution is -2.50. The molecule has 1 aromatic carbocycles. The molecular formula is C23H27N3OS2. The van der Waals surface area contributed by atoms with E-state index in [0.29, 0.717) is 6.54 Å². The van der Waals surface area contributed by atoms with Crippen LogP contribution in [0.5, 0.6) is 0 Å². The van der Waals surface area contributed by atoms with Crippen LogP contribution >= 0.6 is 22.7 Å². The molecule has 0 bridgehead atoms. The van der Waals surface area contributed by atoms with E-state index in [0.717, 1.165) is 32.7 Å². The highest BCUT2D eigenvalue weighted by Gasteiger charge is 2.23. The van der Waals surface area contributed by atoms with E-state index in [9.17, 15) is 4.79 Å². The van der Waals surface area contributed by atoms with Crippen LogP contribution in [0, 0.1) is 6.92 Å². The Morgan fingerprint density at radius 1 is 1.00 bits per heavy atom. The van der Waals surface area contributed by atoms with Gasteiger partial charge < -0.3 is 4.90 Å². The van der Waals surface area contributed by atoms with Crippen molar-refractivity contribution in [1.82, 2.24) is 15.1 Å². The van der Waals surface area contributed by atoms with Crippen LogP contribution in [0.3, 0.4) is 0 Å². The molecule has 0 spiro atoms. The molecule has 29 heavy (non-hydrogen) atoms. The van der Waals surface area contributed by atoms with Gasteiger partial charge in [-0.25, -0.2) is 0 Å². The molecule has 1 saturated heterocycles. The smallest absolute Gasteiger partial charge is 0.236 e. The Kier molecular flexibility index (Phi) is 6.77. The van der Waals surface area contributed by atoms with Gasteiger partial charge >= 0.3 is 0 Å². The van der Waals surface area contributed by atoms with Gasteiger partial charge in [0.2, 0.25) is 5.91 Å². The van der Waals surface area contributed by atoms with E-state index in [2.05, 4.69) is 76.4 Å². The van der Waals surface area contributed by atoms with Gasteiger partial charge in [0.05, 0.1) is 12.6 Å². The first kappa shape index (κ1) is 20.3. The number of rotatable bonds is 7. The van der Waals surface area contributed by atoms with Gasteiger partial charge in [0.1, 0.15) is 0 Å². The molecule has 1 fully saturated rings. The molecule has 3 aromatic rings. The van der Waals surface area contributed by atoms with E-state index in [1.807, 2.05) is 4.90 Å². The number of hydrogen-bond donors (Lipinski definition) is 1. The number of thiophene rings is 2. The van der Waals surface area contributed by atoms with E-state index < -0.39 is 0 Å². The minimum Gasteiger partial charge on any atom is -0.339 e. The van der Waals surface area contributed by atoms with Crippen molar-refractivity contribution in [3.63, 3.8) is 0 Å². The van der Waals surface area contributed by atoms with Gasteiger partial charge in [0.15, 0.2) is 0 Å². The molecule has 1 aliphatic rings. The highest BCUT2D eigenvalue weighted by molar-refractivity contribution is 7.10. The Morgan fingerprint density at radius 2 is 1.72 bits per heavy atom. The first-order chi connectivity index (χ1) is 14.2. The molecule has 3 heterocycles. The van der Waals surface area contributed by atoms with Gasteiger partial charge in [-0.05, 0) is 35.4 Å². The van der Waals surface area contributed by atoms with Crippen LogP contribution in [0.25, 0.3) is 0 Å². The first-order valence-corrected chi connectivity index (χ1v) is 11.8. The lowest BCUT2D eigenvalue weighted by molar-refractivity contribution is -0.132. The highest BCUT2D eigenvalue weighted by atomic mass is 32.1. The predicted octanol–water partition coefficient (Wildman–Crippen LogP) is 4.14. The van der Waals surface area contributed by atoms with Crippen LogP contribution in [0.1, 0.15) is 26.9 Å². The Hall–Kier alpha value is -1.99. The number of carbonyl (C=O) groups is 1. The number of carbonyl (C=O) groups excluding carboxylic acids is 1. The number of nitrogens with zero attached hydrogens (tertiary/aromatic N) is 2. The van der Waals surface area contributed by atoms with Crippen LogP contribution in [0.2, 0.25) is 0 Å². The second-order valence-electron chi connectivity index (χ2n) is 7.48. The summed E-state index contributed by atoms with van der Waals surface area (Å²) in [6, 6.07) is 17.1. The number of amides is 1. The summed E-state index contributed by atoms with van der Waals surface area (Å²) < 4.78 is 0. The second-order valence-corrected chi connectivity index (χ2v) is 9.49. The van der Waals surface area contributed by atoms with Crippen molar-refractivity contribution in [3.05, 3.63) is 80.2 Å². The van der Waals surface area contributed by atoms with Crippen molar-refractivity contribution in [2.24, 2.45) is 0 Å². The normalized spacial score (nSPS) is 16.1. The zero-order valence-corrected chi connectivity index (χ0v) is 18.3. The average Bonchev–Trinajstić information content (AvgIpc) is 3.44. The zero-order valence-electron chi connectivity index (χ0n) is 16.7. The molecule has 0 radical (unpaired) electrons. The molecule has 1 N–H and O–H groups in total. The van der Waals surface area contributed by atoms with Crippen LogP contribution in [-0.2, 0) is 11.3 Å². The monoisotopic (exact) mass is 425 g/mol. The maximum atomic E-state index is 12.8. The highest BCUT2D eigenvalue weighted by Crippen LogP contribution is 2.26. The predicted molar refractivity (Wildman–Crippen MR) is 122 cm³/mol. The van der Waals surface area contributed by atoms with Gasteiger partial charge in [0, 0.05) is 42.5 Å². The van der Waals surface area contributed by atoms with Crippen molar-refractivity contribution in [3.8, 4) is 0 Å². The molecule has 152 valence electrons. The molecule has 0 unspecified atom stereocenters. The van der Waals surface area contributed by atoms with E-state index in [4.69, 9.17) is 0 Å². The number of benzene rings is 1. The molecule has 1 amide bonds. The van der Waals surface area contributed by atoms with Crippen molar-refractivity contribution < 1.29 is 4.79 Å². The lowest BCUT2D eigenvalue weighted by atomic mass is 10.0. The second kappa shape index (κ2) is 9.67. The molecule has 0 aliphatic carbocycles. The standard InChI is InChI=1S/C23H27N3OS2/c1-18-6-8-19(9-7-18)23(21-5-3-15-29-21)24-16-22(27)26-12-10-25(11-13-26)17-20-4-2-14-28-20/h2-9,14-15,23-24H,10-13,16-17H2,1H3/t23-/m0/s1. The topological polar surface area (TPSA) is 35.6 Å². The number of nitrogens with one attached hydrogen (secondary N) is 1. The number of hydrogen-bond acceptors (Lipinski definition) is 5. The molecule has 1 atom stereocenters. The van der Waals surface area contributed by atoms with Gasteiger partial charge in [0.25, 0.3) is 0 Å². The summed E-state index contributed by atoms with van der Waals surface area (Å²) in [5, 5.41) is 7.72. The van der Waals surface area contributed by atoms with Crippen molar-refractivity contribution in [1.29, 1.82) is 0 Å². The summed E-state index contributed by atoms with van der Waals surface area (Å²) in [4.78, 5) is 19.9. The van der Waals surface area contributed by atoms with Crippen LogP contribution in [-0.4, -0.2) is 48.4 Å². The zero-order chi connectivity index (χ0) is 20.1. The maximum absolute atomic E-state index is 12.8. The molecular weight excluding hydrogens is 398 g/mol. The Labute approximate surface area is 180 Å². The van der Waals surface area contributed by atoms with Gasteiger partial charge in [-0.3, -0.25) is 15.0 Å². The van der Waals surface area contributed by atoms with Gasteiger partial charge in [-0.2, -0.15) is 0 Å². The summed E-state index contributed by atoms with van der Waals surface area (Å²) in [7, 11) is 0. The molecule has 2 aromatic heterocycles. The van der Waals surface area contributed by atoms with Crippen LogP contribution < -0.4 is 5.32 Å². The average molecular weight is 426 g/mol. The molecule has 4 rings (SSSR count). The fourth-order valence-corrected chi connectivity index (χ4v) is 5.25. The minimum atomic E-state index is 0.0552. The maximum Gasteiger partial charge on any atom is 0.236 e. The van der Waals surface area contributed by atoms with Gasteiger partial charge in [-0.1, -0.05) is 42.0 Å². The SMILES string of the molecule is Cc1ccc([C@H](NCC(=O)N2CCN(Cc3cccs3)CC2)c2cccs2)cc1. The van der Waals surface area contributed by atoms with E-state index >= 15 is 0 Å². The summed E-state index contributed by atoms with van der Waals surface area (Å²) in [6.45, 7) is 6.94. The molecule has 0 saturated carbocycles. The van der Waals surface area contributed by atoms with E-state index in [1.54, 1.807) is 22.7 Å². The lowest BCUT2D eigenvalue weighted by Gasteiger charge is -2.35. The van der Waals surface area contributed by atoms with Crippen LogP contribution in [0.4, 0.5) is 0 Å². The van der Waals surface area contributed by atoms with Gasteiger partial charge in [-0.15, -0.1) is 22.7 Å². The molecule has 6 heteroatoms. The Bertz CT molecular complexity index is 883. The summed E-state index contributed by atoms with van der Waals surface area (Å²) in [5.41, 5.74) is 2.45.